The molecule has 0 saturated carbocycles. The van der Waals surface area contributed by atoms with Gasteiger partial charge < -0.3 is 10.0 Å². The van der Waals surface area contributed by atoms with E-state index in [1.54, 1.807) is 32.2 Å². The van der Waals surface area contributed by atoms with Crippen LogP contribution in [0.2, 0.25) is 0 Å². The van der Waals surface area contributed by atoms with Crippen molar-refractivity contribution in [1.29, 1.82) is 0 Å². The number of rotatable bonds is 4. The molecule has 0 aromatic heterocycles. The number of hydrogen-bond donors (Lipinski definition) is 1. The van der Waals surface area contributed by atoms with Gasteiger partial charge in [0.15, 0.2) is 0 Å². The van der Waals surface area contributed by atoms with Gasteiger partial charge in [-0.05, 0) is 24.6 Å². The van der Waals surface area contributed by atoms with Gasteiger partial charge in [-0.1, -0.05) is 22.0 Å². The van der Waals surface area contributed by atoms with E-state index in [2.05, 4.69) is 15.9 Å². The maximum Gasteiger partial charge on any atom is 0.255 e. The van der Waals surface area contributed by atoms with Crippen LogP contribution >= 0.6 is 15.9 Å². The fraction of sp³-hybridized carbons (Fsp3) is 0.455. The maximum atomic E-state index is 12.2. The molecule has 1 aromatic rings. The van der Waals surface area contributed by atoms with E-state index in [4.69, 9.17) is 0 Å². The molecule has 1 atom stereocenters. The van der Waals surface area contributed by atoms with Crippen molar-refractivity contribution in [2.24, 2.45) is 0 Å². The van der Waals surface area contributed by atoms with Gasteiger partial charge in [0, 0.05) is 17.2 Å². The number of alkyl halides is 2. The predicted octanol–water partition coefficient (Wildman–Crippen LogP) is 3.20. The van der Waals surface area contributed by atoms with Crippen LogP contribution in [0.4, 0.5) is 14.5 Å². The molecule has 0 amide bonds. The first-order valence-electron chi connectivity index (χ1n) is 4.88. The lowest BCUT2D eigenvalue weighted by atomic mass is 10.1. The maximum absolute atomic E-state index is 12.2. The third-order valence-corrected chi connectivity index (χ3v) is 2.97. The van der Waals surface area contributed by atoms with E-state index in [0.29, 0.717) is 5.69 Å². The molecule has 5 heteroatoms. The van der Waals surface area contributed by atoms with Crippen LogP contribution in [0.25, 0.3) is 0 Å². The summed E-state index contributed by atoms with van der Waals surface area (Å²) in [5.41, 5.74) is 1.44. The van der Waals surface area contributed by atoms with Crippen LogP contribution in [0.3, 0.4) is 0 Å². The van der Waals surface area contributed by atoms with Gasteiger partial charge in [0.25, 0.3) is 6.43 Å². The number of aliphatic hydroxyl groups excluding tert-OH is 1. The highest BCUT2D eigenvalue weighted by Gasteiger charge is 2.11. The summed E-state index contributed by atoms with van der Waals surface area (Å²) in [5.74, 6) is 0. The van der Waals surface area contributed by atoms with Gasteiger partial charge in [-0.3, -0.25) is 0 Å². The molecule has 90 valence electrons. The molecule has 1 N–H and O–H groups in total. The van der Waals surface area contributed by atoms with E-state index in [0.717, 1.165) is 10.0 Å². The topological polar surface area (TPSA) is 23.5 Å². The lowest BCUT2D eigenvalue weighted by molar-refractivity contribution is 0.156. The van der Waals surface area contributed by atoms with Gasteiger partial charge in [0.1, 0.15) is 0 Å². The molecule has 0 saturated heterocycles. The number of nitrogens with zero attached hydrogens (tertiary/aromatic N) is 1. The van der Waals surface area contributed by atoms with Crippen LogP contribution in [0, 0.1) is 0 Å². The Morgan fingerprint density at radius 2 is 2.06 bits per heavy atom. The summed E-state index contributed by atoms with van der Waals surface area (Å²) >= 11 is 3.31. The number of anilines is 1. The number of halogens is 3. The zero-order chi connectivity index (χ0) is 12.3. The summed E-state index contributed by atoms with van der Waals surface area (Å²) in [4.78, 5) is 1.47. The molecule has 0 unspecified atom stereocenters. The Morgan fingerprint density at radius 3 is 2.50 bits per heavy atom. The lowest BCUT2D eigenvalue weighted by Gasteiger charge is -2.20. The van der Waals surface area contributed by atoms with Gasteiger partial charge in [0.05, 0.1) is 12.6 Å². The van der Waals surface area contributed by atoms with Gasteiger partial charge >= 0.3 is 0 Å². The molecule has 0 bridgehead atoms. The lowest BCUT2D eigenvalue weighted by Crippen LogP contribution is -2.23. The standard InChI is InChI=1S/C11H14BrF2NO/c1-7(16)9-4-3-8(5-10(9)12)15(2)6-11(13)14/h3-5,7,11,16H,6H2,1-2H3/t7-/m0/s1. The van der Waals surface area contributed by atoms with Crippen LogP contribution in [0.5, 0.6) is 0 Å². The minimum Gasteiger partial charge on any atom is -0.389 e. The summed E-state index contributed by atoms with van der Waals surface area (Å²) in [7, 11) is 1.61. The minimum absolute atomic E-state index is 0.305. The summed E-state index contributed by atoms with van der Waals surface area (Å²) in [6.07, 6.45) is -2.94. The van der Waals surface area contributed by atoms with E-state index in [1.165, 1.54) is 4.90 Å². The number of benzene rings is 1. The summed E-state index contributed by atoms with van der Waals surface area (Å²) in [5, 5.41) is 9.42. The van der Waals surface area contributed by atoms with Crippen LogP contribution in [0.15, 0.2) is 22.7 Å². The van der Waals surface area contributed by atoms with Crippen molar-refractivity contribution in [1.82, 2.24) is 0 Å². The average Bonchev–Trinajstić information content (AvgIpc) is 2.15. The van der Waals surface area contributed by atoms with Crippen molar-refractivity contribution in [3.63, 3.8) is 0 Å². The quantitative estimate of drug-likeness (QED) is 0.921. The Morgan fingerprint density at radius 1 is 1.44 bits per heavy atom. The van der Waals surface area contributed by atoms with E-state index < -0.39 is 12.5 Å². The second kappa shape index (κ2) is 5.59. The molecule has 0 fully saturated rings. The first-order valence-corrected chi connectivity index (χ1v) is 5.68. The first-order chi connectivity index (χ1) is 7.41. The Balaban J connectivity index is 2.88. The van der Waals surface area contributed by atoms with Crippen molar-refractivity contribution in [2.75, 3.05) is 18.5 Å². The summed E-state index contributed by atoms with van der Waals surface area (Å²) in [6.45, 7) is 1.35. The SMILES string of the molecule is C[C@H](O)c1ccc(N(C)CC(F)F)cc1Br. The largest absolute Gasteiger partial charge is 0.389 e. The molecule has 0 heterocycles. The van der Waals surface area contributed by atoms with Gasteiger partial charge in [0.2, 0.25) is 0 Å². The molecular weight excluding hydrogens is 280 g/mol. The summed E-state index contributed by atoms with van der Waals surface area (Å²) in [6, 6.07) is 5.17. The van der Waals surface area contributed by atoms with Crippen LogP contribution < -0.4 is 4.90 Å². The number of aliphatic hydroxyl groups is 1. The Labute approximate surface area is 102 Å². The van der Waals surface area contributed by atoms with Gasteiger partial charge in [-0.25, -0.2) is 8.78 Å². The van der Waals surface area contributed by atoms with E-state index in [9.17, 15) is 13.9 Å². The van der Waals surface area contributed by atoms with E-state index >= 15 is 0 Å². The van der Waals surface area contributed by atoms with Crippen molar-refractivity contribution < 1.29 is 13.9 Å². The third kappa shape index (κ3) is 3.42. The minimum atomic E-state index is -2.36. The van der Waals surface area contributed by atoms with Crippen molar-refractivity contribution in [2.45, 2.75) is 19.5 Å². The third-order valence-electron chi connectivity index (χ3n) is 2.29. The predicted molar refractivity (Wildman–Crippen MR) is 64.0 cm³/mol. The highest BCUT2D eigenvalue weighted by Crippen LogP contribution is 2.28. The van der Waals surface area contributed by atoms with Crippen molar-refractivity contribution in [3.8, 4) is 0 Å². The molecule has 0 radical (unpaired) electrons. The molecule has 0 aliphatic carbocycles. The molecular formula is C11H14BrF2NO. The van der Waals surface area contributed by atoms with E-state index in [1.807, 2.05) is 0 Å². The van der Waals surface area contributed by atoms with Crippen molar-refractivity contribution in [3.05, 3.63) is 28.2 Å². The Hall–Kier alpha value is -0.680. The Bertz CT molecular complexity index is 358. The second-order valence-corrected chi connectivity index (χ2v) is 4.51. The molecule has 0 spiro atoms. The normalized spacial score (nSPS) is 12.9. The smallest absolute Gasteiger partial charge is 0.255 e. The molecule has 1 rings (SSSR count). The Kier molecular flexibility index (Phi) is 4.68. The number of hydrogen-bond acceptors (Lipinski definition) is 2. The van der Waals surface area contributed by atoms with Gasteiger partial charge in [-0.15, -0.1) is 0 Å². The average molecular weight is 294 g/mol. The van der Waals surface area contributed by atoms with Gasteiger partial charge in [-0.2, -0.15) is 0 Å². The molecule has 0 aliphatic rings. The first kappa shape index (κ1) is 13.4. The van der Waals surface area contributed by atoms with Crippen LogP contribution in [-0.4, -0.2) is 25.1 Å². The molecule has 1 aromatic carbocycles. The van der Waals surface area contributed by atoms with Crippen LogP contribution in [-0.2, 0) is 0 Å². The van der Waals surface area contributed by atoms with Crippen molar-refractivity contribution >= 4 is 21.6 Å². The fourth-order valence-corrected chi connectivity index (χ4v) is 2.10. The molecule has 2 nitrogen and oxygen atoms in total. The zero-order valence-corrected chi connectivity index (χ0v) is 10.7. The molecule has 16 heavy (non-hydrogen) atoms. The van der Waals surface area contributed by atoms with Crippen LogP contribution in [0.1, 0.15) is 18.6 Å². The van der Waals surface area contributed by atoms with E-state index in [-0.39, 0.29) is 6.54 Å². The fourth-order valence-electron chi connectivity index (χ4n) is 1.40. The zero-order valence-electron chi connectivity index (χ0n) is 9.12. The summed E-state index contributed by atoms with van der Waals surface area (Å²) < 4.78 is 25.1. The molecule has 0 aliphatic heterocycles. The highest BCUT2D eigenvalue weighted by molar-refractivity contribution is 9.10. The highest BCUT2D eigenvalue weighted by atomic mass is 79.9. The monoisotopic (exact) mass is 293 g/mol. The second-order valence-electron chi connectivity index (χ2n) is 3.65.